The third kappa shape index (κ3) is 2.16. The van der Waals surface area contributed by atoms with E-state index in [2.05, 4.69) is 37.0 Å². The van der Waals surface area contributed by atoms with Crippen molar-refractivity contribution in [2.75, 3.05) is 0 Å². The first kappa shape index (κ1) is 12.1. The number of alkyl halides is 2. The Hall–Kier alpha value is 0.0300. The summed E-state index contributed by atoms with van der Waals surface area (Å²) in [7, 11) is 0. The van der Waals surface area contributed by atoms with Gasteiger partial charge in [0.15, 0.2) is 0 Å². The molecule has 0 aliphatic heterocycles. The van der Waals surface area contributed by atoms with Crippen molar-refractivity contribution >= 4 is 31.9 Å². The lowest BCUT2D eigenvalue weighted by Crippen LogP contribution is -2.23. The molecule has 1 heterocycles. The summed E-state index contributed by atoms with van der Waals surface area (Å²) in [5.74, 6) is 0. The monoisotopic (exact) mass is 330 g/mol. The Morgan fingerprint density at radius 3 is 2.00 bits per heavy atom. The van der Waals surface area contributed by atoms with Crippen LogP contribution in [0.25, 0.3) is 0 Å². The van der Waals surface area contributed by atoms with E-state index in [1.165, 1.54) is 4.68 Å². The highest BCUT2D eigenvalue weighted by molar-refractivity contribution is 9.13. The molecule has 2 nitrogen and oxygen atoms in total. The predicted molar refractivity (Wildman–Crippen MR) is 57.6 cm³/mol. The molecule has 1 rings (SSSR count). The van der Waals surface area contributed by atoms with Crippen LogP contribution < -0.4 is 0 Å². The molecule has 0 aromatic carbocycles. The van der Waals surface area contributed by atoms with Gasteiger partial charge in [-0.05, 0) is 52.6 Å². The van der Waals surface area contributed by atoms with Crippen LogP contribution in [-0.4, -0.2) is 9.78 Å². The van der Waals surface area contributed by atoms with Crippen LogP contribution in [0.15, 0.2) is 9.08 Å². The largest absolute Gasteiger partial charge is 0.283 e. The average Bonchev–Trinajstić information content (AvgIpc) is 2.28. The van der Waals surface area contributed by atoms with Crippen molar-refractivity contribution in [2.45, 2.75) is 32.7 Å². The number of rotatable bonds is 1. The molecule has 80 valence electrons. The molecule has 0 aliphatic carbocycles. The van der Waals surface area contributed by atoms with Gasteiger partial charge in [-0.1, -0.05) is 0 Å². The zero-order valence-corrected chi connectivity index (χ0v) is 11.2. The quantitative estimate of drug-likeness (QED) is 0.757. The van der Waals surface area contributed by atoms with E-state index in [1.54, 1.807) is 0 Å². The van der Waals surface area contributed by atoms with Crippen LogP contribution in [0.1, 0.15) is 32.9 Å². The zero-order chi connectivity index (χ0) is 11.1. The summed E-state index contributed by atoms with van der Waals surface area (Å²) in [5, 5.41) is 3.85. The fourth-order valence-corrected chi connectivity index (χ4v) is 2.21. The highest BCUT2D eigenvalue weighted by atomic mass is 79.9. The molecule has 0 N–H and O–H groups in total. The molecule has 0 saturated carbocycles. The van der Waals surface area contributed by atoms with E-state index in [1.807, 2.05) is 20.8 Å². The Morgan fingerprint density at radius 2 is 1.79 bits per heavy atom. The van der Waals surface area contributed by atoms with Crippen LogP contribution in [0.3, 0.4) is 0 Å². The van der Waals surface area contributed by atoms with E-state index in [4.69, 9.17) is 0 Å². The van der Waals surface area contributed by atoms with Crippen LogP contribution in [-0.2, 0) is 5.54 Å². The highest BCUT2D eigenvalue weighted by Crippen LogP contribution is 2.35. The Balaban J connectivity index is 3.29. The molecule has 0 radical (unpaired) electrons. The van der Waals surface area contributed by atoms with Crippen molar-refractivity contribution in [3.05, 3.63) is 14.8 Å². The van der Waals surface area contributed by atoms with Crippen LogP contribution in [0, 0.1) is 0 Å². The van der Waals surface area contributed by atoms with E-state index >= 15 is 0 Å². The van der Waals surface area contributed by atoms with Gasteiger partial charge in [0, 0.05) is 0 Å². The number of halogens is 4. The third-order valence-corrected chi connectivity index (χ3v) is 3.69. The number of hydrogen-bond acceptors (Lipinski definition) is 1. The molecule has 0 amide bonds. The molecule has 14 heavy (non-hydrogen) atoms. The second kappa shape index (κ2) is 3.89. The number of aromatic nitrogens is 2. The summed E-state index contributed by atoms with van der Waals surface area (Å²) in [4.78, 5) is 0. The Bertz CT molecular complexity index is 342. The molecule has 0 atom stereocenters. The number of hydrogen-bond donors (Lipinski definition) is 0. The van der Waals surface area contributed by atoms with Gasteiger partial charge in [-0.3, -0.25) is 4.68 Å². The van der Waals surface area contributed by atoms with Gasteiger partial charge in [0.2, 0.25) is 0 Å². The fraction of sp³-hybridized carbons (Fsp3) is 0.625. The molecule has 1 aromatic heterocycles. The summed E-state index contributed by atoms with van der Waals surface area (Å²) in [6, 6.07) is 0. The van der Waals surface area contributed by atoms with Crippen molar-refractivity contribution in [2.24, 2.45) is 0 Å². The second-order valence-electron chi connectivity index (χ2n) is 3.87. The minimum Gasteiger partial charge on any atom is -0.252 e. The minimum absolute atomic E-state index is 0.230. The van der Waals surface area contributed by atoms with Crippen molar-refractivity contribution in [3.8, 4) is 0 Å². The van der Waals surface area contributed by atoms with E-state index in [0.717, 1.165) is 0 Å². The van der Waals surface area contributed by atoms with Crippen molar-refractivity contribution in [1.82, 2.24) is 9.78 Å². The number of nitrogens with zero attached hydrogens (tertiary/aromatic N) is 2. The maximum atomic E-state index is 12.5. The van der Waals surface area contributed by atoms with Crippen LogP contribution >= 0.6 is 31.9 Å². The summed E-state index contributed by atoms with van der Waals surface area (Å²) in [6.45, 7) is 5.69. The summed E-state index contributed by atoms with van der Waals surface area (Å²) < 4.78 is 27.4. The summed E-state index contributed by atoms with van der Waals surface area (Å²) in [6.07, 6.45) is -2.57. The van der Waals surface area contributed by atoms with Gasteiger partial charge in [0.25, 0.3) is 6.43 Å². The summed E-state index contributed by atoms with van der Waals surface area (Å²) >= 11 is 6.31. The molecule has 0 spiro atoms. The van der Waals surface area contributed by atoms with Crippen LogP contribution in [0.4, 0.5) is 8.78 Å². The normalized spacial score (nSPS) is 12.6. The lowest BCUT2D eigenvalue weighted by atomic mass is 10.1. The Labute approximate surface area is 97.9 Å². The van der Waals surface area contributed by atoms with E-state index < -0.39 is 6.43 Å². The lowest BCUT2D eigenvalue weighted by Gasteiger charge is -2.20. The molecule has 0 fully saturated rings. The first-order chi connectivity index (χ1) is 6.25. The standard InChI is InChI=1S/C8H10Br2F2N2/c1-8(2,3)14-6(10)4(9)5(13-14)7(11)12/h7H,1-3H3. The molecule has 1 aromatic rings. The molecule has 0 saturated heterocycles. The third-order valence-electron chi connectivity index (χ3n) is 1.64. The Kier molecular flexibility index (Phi) is 3.36. The van der Waals surface area contributed by atoms with Gasteiger partial charge in [0.1, 0.15) is 10.3 Å². The van der Waals surface area contributed by atoms with Gasteiger partial charge < -0.3 is 0 Å². The molecule has 0 unspecified atom stereocenters. The first-order valence-electron chi connectivity index (χ1n) is 3.97. The second-order valence-corrected chi connectivity index (χ2v) is 5.42. The molecule has 0 aliphatic rings. The molecule has 6 heteroatoms. The minimum atomic E-state index is -2.57. The predicted octanol–water partition coefficient (Wildman–Crippen LogP) is 4.10. The highest BCUT2D eigenvalue weighted by Gasteiger charge is 2.26. The van der Waals surface area contributed by atoms with Gasteiger partial charge >= 0.3 is 0 Å². The summed E-state index contributed by atoms with van der Waals surface area (Å²) in [5.41, 5.74) is -0.555. The molecular formula is C8H10Br2F2N2. The molecular weight excluding hydrogens is 322 g/mol. The maximum Gasteiger partial charge on any atom is 0.283 e. The smallest absolute Gasteiger partial charge is 0.252 e. The van der Waals surface area contributed by atoms with Crippen molar-refractivity contribution in [1.29, 1.82) is 0 Å². The average molecular weight is 332 g/mol. The van der Waals surface area contributed by atoms with E-state index in [9.17, 15) is 8.78 Å². The zero-order valence-electron chi connectivity index (χ0n) is 7.98. The van der Waals surface area contributed by atoms with Gasteiger partial charge in [-0.25, -0.2) is 8.78 Å². The lowest BCUT2D eigenvalue weighted by molar-refractivity contribution is 0.143. The van der Waals surface area contributed by atoms with Gasteiger partial charge in [0.05, 0.1) is 10.0 Å². The Morgan fingerprint density at radius 1 is 1.29 bits per heavy atom. The SMILES string of the molecule is CC(C)(C)n1nc(C(F)F)c(Br)c1Br. The van der Waals surface area contributed by atoms with Crippen molar-refractivity contribution < 1.29 is 8.78 Å². The molecule has 0 bridgehead atoms. The first-order valence-corrected chi connectivity index (χ1v) is 5.56. The van der Waals surface area contributed by atoms with E-state index in [-0.39, 0.29) is 11.2 Å². The van der Waals surface area contributed by atoms with E-state index in [0.29, 0.717) is 9.08 Å². The topological polar surface area (TPSA) is 17.8 Å². The fourth-order valence-electron chi connectivity index (χ4n) is 0.978. The van der Waals surface area contributed by atoms with Gasteiger partial charge in [-0.2, -0.15) is 5.10 Å². The van der Waals surface area contributed by atoms with Crippen molar-refractivity contribution in [3.63, 3.8) is 0 Å². The van der Waals surface area contributed by atoms with Crippen LogP contribution in [0.5, 0.6) is 0 Å². The van der Waals surface area contributed by atoms with Crippen LogP contribution in [0.2, 0.25) is 0 Å². The maximum absolute atomic E-state index is 12.5. The van der Waals surface area contributed by atoms with Gasteiger partial charge in [-0.15, -0.1) is 0 Å².